The Balaban J connectivity index is 1.83. The van der Waals surface area contributed by atoms with E-state index in [1.807, 2.05) is 56.4 Å². The van der Waals surface area contributed by atoms with E-state index in [1.54, 1.807) is 18.2 Å². The molecule has 2 heterocycles. The molecule has 2 aromatic heterocycles. The standard InChI is InChI=1S/C21H23N3O2/c1-5-16-13-22-15(3)23-20(16)17-8-10-18(11-9-17)21(25)24(4)14(2)19-7-6-12-26-19/h6-14H,5H2,1-4H3/t14-/m0/s1. The molecule has 1 aromatic carbocycles. The summed E-state index contributed by atoms with van der Waals surface area (Å²) in [7, 11) is 1.78. The van der Waals surface area contributed by atoms with Crippen LogP contribution in [-0.4, -0.2) is 27.8 Å². The largest absolute Gasteiger partial charge is 0.467 e. The number of hydrogen-bond acceptors (Lipinski definition) is 4. The molecule has 0 unspecified atom stereocenters. The molecule has 3 aromatic rings. The molecule has 1 atom stereocenters. The van der Waals surface area contributed by atoms with Gasteiger partial charge in [-0.2, -0.15) is 0 Å². The van der Waals surface area contributed by atoms with Crippen molar-refractivity contribution in [2.45, 2.75) is 33.2 Å². The average molecular weight is 349 g/mol. The van der Waals surface area contributed by atoms with Crippen LogP contribution in [0.5, 0.6) is 0 Å². The van der Waals surface area contributed by atoms with Crippen LogP contribution in [-0.2, 0) is 6.42 Å². The van der Waals surface area contributed by atoms with Crippen LogP contribution in [0.4, 0.5) is 0 Å². The number of hydrogen-bond donors (Lipinski definition) is 0. The number of carbonyl (C=O) groups is 1. The van der Waals surface area contributed by atoms with E-state index in [1.165, 1.54) is 0 Å². The molecule has 0 aliphatic carbocycles. The maximum atomic E-state index is 12.8. The molecular formula is C21H23N3O2. The van der Waals surface area contributed by atoms with E-state index >= 15 is 0 Å². The lowest BCUT2D eigenvalue weighted by Crippen LogP contribution is -2.29. The molecule has 0 spiro atoms. The monoisotopic (exact) mass is 349 g/mol. The van der Waals surface area contributed by atoms with E-state index in [-0.39, 0.29) is 11.9 Å². The Morgan fingerprint density at radius 3 is 2.58 bits per heavy atom. The number of benzene rings is 1. The molecule has 0 N–H and O–H groups in total. The molecule has 1 amide bonds. The van der Waals surface area contributed by atoms with Crippen molar-refractivity contribution in [2.75, 3.05) is 7.05 Å². The summed E-state index contributed by atoms with van der Waals surface area (Å²) in [5.41, 5.74) is 3.65. The van der Waals surface area contributed by atoms with Gasteiger partial charge in [-0.1, -0.05) is 19.1 Å². The maximum Gasteiger partial charge on any atom is 0.254 e. The van der Waals surface area contributed by atoms with Crippen LogP contribution in [0.2, 0.25) is 0 Å². The topological polar surface area (TPSA) is 59.2 Å². The fourth-order valence-electron chi connectivity index (χ4n) is 2.87. The van der Waals surface area contributed by atoms with Crippen LogP contribution in [0, 0.1) is 6.92 Å². The van der Waals surface area contributed by atoms with E-state index in [2.05, 4.69) is 16.9 Å². The minimum atomic E-state index is -0.131. The van der Waals surface area contributed by atoms with Gasteiger partial charge in [-0.3, -0.25) is 4.79 Å². The van der Waals surface area contributed by atoms with Crippen molar-refractivity contribution in [2.24, 2.45) is 0 Å². The Morgan fingerprint density at radius 1 is 1.23 bits per heavy atom. The van der Waals surface area contributed by atoms with Gasteiger partial charge in [0.15, 0.2) is 0 Å². The molecule has 134 valence electrons. The van der Waals surface area contributed by atoms with E-state index in [0.717, 1.165) is 34.8 Å². The van der Waals surface area contributed by atoms with Gasteiger partial charge in [0.25, 0.3) is 5.91 Å². The second-order valence-corrected chi connectivity index (χ2v) is 6.33. The van der Waals surface area contributed by atoms with Gasteiger partial charge < -0.3 is 9.32 Å². The van der Waals surface area contributed by atoms with Gasteiger partial charge in [-0.05, 0) is 50.1 Å². The summed E-state index contributed by atoms with van der Waals surface area (Å²) in [6.45, 7) is 5.91. The predicted octanol–water partition coefficient (Wildman–Crippen LogP) is 4.44. The van der Waals surface area contributed by atoms with Gasteiger partial charge >= 0.3 is 0 Å². The smallest absolute Gasteiger partial charge is 0.254 e. The molecule has 5 nitrogen and oxygen atoms in total. The number of amides is 1. The molecule has 0 radical (unpaired) electrons. The van der Waals surface area contributed by atoms with E-state index in [9.17, 15) is 4.79 Å². The summed E-state index contributed by atoms with van der Waals surface area (Å²) in [6, 6.07) is 11.2. The molecule has 3 rings (SSSR count). The van der Waals surface area contributed by atoms with Crippen LogP contribution in [0.3, 0.4) is 0 Å². The number of aryl methyl sites for hydroxylation is 2. The second kappa shape index (κ2) is 7.52. The van der Waals surface area contributed by atoms with Crippen LogP contribution >= 0.6 is 0 Å². The minimum absolute atomic E-state index is 0.0463. The van der Waals surface area contributed by atoms with Gasteiger partial charge in [0, 0.05) is 24.4 Å². The lowest BCUT2D eigenvalue weighted by atomic mass is 10.0. The fourth-order valence-corrected chi connectivity index (χ4v) is 2.87. The molecular weight excluding hydrogens is 326 g/mol. The molecule has 0 aliphatic heterocycles. The Labute approximate surface area is 153 Å². The first kappa shape index (κ1) is 17.9. The summed E-state index contributed by atoms with van der Waals surface area (Å²) >= 11 is 0. The lowest BCUT2D eigenvalue weighted by Gasteiger charge is -2.23. The molecule has 0 fully saturated rings. The fraction of sp³-hybridized carbons (Fsp3) is 0.286. The van der Waals surface area contributed by atoms with Crippen LogP contribution in [0.15, 0.2) is 53.3 Å². The number of nitrogens with zero attached hydrogens (tertiary/aromatic N) is 3. The molecule has 0 bridgehead atoms. The zero-order valence-electron chi connectivity index (χ0n) is 15.6. The Hall–Kier alpha value is -2.95. The van der Waals surface area contributed by atoms with Crippen molar-refractivity contribution in [1.29, 1.82) is 0 Å². The zero-order chi connectivity index (χ0) is 18.7. The van der Waals surface area contributed by atoms with Crippen molar-refractivity contribution in [3.05, 3.63) is 71.6 Å². The summed E-state index contributed by atoms with van der Waals surface area (Å²) in [5.74, 6) is 1.46. The highest BCUT2D eigenvalue weighted by molar-refractivity contribution is 5.94. The Bertz CT molecular complexity index is 886. The van der Waals surface area contributed by atoms with E-state index < -0.39 is 0 Å². The highest BCUT2D eigenvalue weighted by Gasteiger charge is 2.21. The number of rotatable bonds is 5. The lowest BCUT2D eigenvalue weighted by molar-refractivity contribution is 0.0726. The van der Waals surface area contributed by atoms with Gasteiger partial charge in [-0.15, -0.1) is 0 Å². The Kier molecular flexibility index (Phi) is 5.16. The average Bonchev–Trinajstić information content (AvgIpc) is 3.21. The number of carbonyl (C=O) groups excluding carboxylic acids is 1. The van der Waals surface area contributed by atoms with Crippen molar-refractivity contribution >= 4 is 5.91 Å². The molecule has 26 heavy (non-hydrogen) atoms. The molecule has 0 saturated carbocycles. The quantitative estimate of drug-likeness (QED) is 0.683. The van der Waals surface area contributed by atoms with Crippen molar-refractivity contribution in [1.82, 2.24) is 14.9 Å². The van der Waals surface area contributed by atoms with Gasteiger partial charge in [0.05, 0.1) is 18.0 Å². The second-order valence-electron chi connectivity index (χ2n) is 6.33. The molecule has 0 aliphatic rings. The SMILES string of the molecule is CCc1cnc(C)nc1-c1ccc(C(=O)N(C)[C@@H](C)c2ccco2)cc1. The summed E-state index contributed by atoms with van der Waals surface area (Å²) in [6.07, 6.45) is 4.35. The maximum absolute atomic E-state index is 12.8. The molecule has 5 heteroatoms. The van der Waals surface area contributed by atoms with Gasteiger partial charge in [0.2, 0.25) is 0 Å². The van der Waals surface area contributed by atoms with E-state index in [0.29, 0.717) is 5.56 Å². The first-order valence-electron chi connectivity index (χ1n) is 8.74. The zero-order valence-corrected chi connectivity index (χ0v) is 15.6. The van der Waals surface area contributed by atoms with Crippen LogP contribution in [0.1, 0.15) is 47.4 Å². The van der Waals surface area contributed by atoms with Crippen molar-refractivity contribution in [3.63, 3.8) is 0 Å². The number of aromatic nitrogens is 2. The third-order valence-corrected chi connectivity index (χ3v) is 4.63. The third-order valence-electron chi connectivity index (χ3n) is 4.63. The van der Waals surface area contributed by atoms with Crippen molar-refractivity contribution < 1.29 is 9.21 Å². The van der Waals surface area contributed by atoms with Crippen molar-refractivity contribution in [3.8, 4) is 11.3 Å². The normalized spacial score (nSPS) is 12.0. The van der Waals surface area contributed by atoms with Crippen LogP contribution < -0.4 is 0 Å². The predicted molar refractivity (Wildman–Crippen MR) is 101 cm³/mol. The summed E-state index contributed by atoms with van der Waals surface area (Å²) < 4.78 is 5.41. The van der Waals surface area contributed by atoms with E-state index in [4.69, 9.17) is 4.42 Å². The first-order chi connectivity index (χ1) is 12.5. The van der Waals surface area contributed by atoms with Crippen LogP contribution in [0.25, 0.3) is 11.3 Å². The number of furan rings is 1. The highest BCUT2D eigenvalue weighted by atomic mass is 16.3. The van der Waals surface area contributed by atoms with Gasteiger partial charge in [0.1, 0.15) is 11.6 Å². The molecule has 0 saturated heterocycles. The summed E-state index contributed by atoms with van der Waals surface area (Å²) in [4.78, 5) is 23.3. The highest BCUT2D eigenvalue weighted by Crippen LogP contribution is 2.24. The Morgan fingerprint density at radius 2 is 1.96 bits per heavy atom. The summed E-state index contributed by atoms with van der Waals surface area (Å²) in [5, 5.41) is 0. The first-order valence-corrected chi connectivity index (χ1v) is 8.74. The minimum Gasteiger partial charge on any atom is -0.467 e. The third kappa shape index (κ3) is 3.52. The van der Waals surface area contributed by atoms with Gasteiger partial charge in [-0.25, -0.2) is 9.97 Å².